The number of rotatable bonds is 7. The standard InChI is InChI=1S/C14H22N2O2.2ClH/c1-4-11-5-7-12(8-6-11)9-13(14(17)18)16-15-10(2)3;;/h5-8,10,13,15-16H,4,9H2,1-3H3,(H,17,18);2*1H. The highest BCUT2D eigenvalue weighted by molar-refractivity contribution is 5.85. The van der Waals surface area contributed by atoms with Gasteiger partial charge in [-0.1, -0.05) is 31.2 Å². The van der Waals surface area contributed by atoms with E-state index in [1.807, 2.05) is 38.1 Å². The first-order valence-corrected chi connectivity index (χ1v) is 6.34. The third-order valence-electron chi connectivity index (χ3n) is 2.72. The average Bonchev–Trinajstić information content (AvgIpc) is 2.34. The fourth-order valence-corrected chi connectivity index (χ4v) is 1.61. The molecule has 0 aliphatic heterocycles. The maximum absolute atomic E-state index is 11.1. The summed E-state index contributed by atoms with van der Waals surface area (Å²) in [6, 6.07) is 7.67. The Kier molecular flexibility index (Phi) is 11.7. The number of nitrogens with one attached hydrogen (secondary N) is 2. The number of hydrogen-bond donors (Lipinski definition) is 3. The zero-order chi connectivity index (χ0) is 13.5. The van der Waals surface area contributed by atoms with Gasteiger partial charge in [0.1, 0.15) is 6.04 Å². The maximum Gasteiger partial charge on any atom is 0.322 e. The Labute approximate surface area is 133 Å². The Hall–Kier alpha value is -0.810. The third-order valence-corrected chi connectivity index (χ3v) is 2.72. The molecule has 0 amide bonds. The van der Waals surface area contributed by atoms with Gasteiger partial charge < -0.3 is 5.11 Å². The number of carbonyl (C=O) groups is 1. The fraction of sp³-hybridized carbons (Fsp3) is 0.500. The number of hydrazine groups is 1. The summed E-state index contributed by atoms with van der Waals surface area (Å²) in [5.74, 6) is -0.845. The van der Waals surface area contributed by atoms with Crippen molar-refractivity contribution < 1.29 is 9.90 Å². The Morgan fingerprint density at radius 1 is 1.10 bits per heavy atom. The normalized spacial score (nSPS) is 11.4. The molecule has 116 valence electrons. The summed E-state index contributed by atoms with van der Waals surface area (Å²) in [4.78, 5) is 11.1. The molecule has 0 saturated heterocycles. The smallest absolute Gasteiger partial charge is 0.322 e. The van der Waals surface area contributed by atoms with Crippen molar-refractivity contribution in [2.75, 3.05) is 0 Å². The van der Waals surface area contributed by atoms with Crippen molar-refractivity contribution in [1.82, 2.24) is 10.9 Å². The van der Waals surface area contributed by atoms with Crippen LogP contribution in [-0.2, 0) is 17.6 Å². The van der Waals surface area contributed by atoms with E-state index < -0.39 is 12.0 Å². The molecule has 1 atom stereocenters. The SMILES string of the molecule is CCc1ccc(CC(NNC(C)C)C(=O)O)cc1.Cl.Cl. The van der Waals surface area contributed by atoms with Crippen LogP contribution in [0.25, 0.3) is 0 Å². The molecule has 1 unspecified atom stereocenters. The number of aliphatic carboxylic acids is 1. The van der Waals surface area contributed by atoms with Crippen molar-refractivity contribution in [1.29, 1.82) is 0 Å². The maximum atomic E-state index is 11.1. The van der Waals surface area contributed by atoms with Gasteiger partial charge >= 0.3 is 5.97 Å². The molecule has 0 bridgehead atoms. The van der Waals surface area contributed by atoms with Crippen LogP contribution in [0.1, 0.15) is 31.9 Å². The topological polar surface area (TPSA) is 61.4 Å². The van der Waals surface area contributed by atoms with Crippen molar-refractivity contribution >= 4 is 30.8 Å². The second kappa shape index (κ2) is 10.9. The fourth-order valence-electron chi connectivity index (χ4n) is 1.61. The van der Waals surface area contributed by atoms with Gasteiger partial charge in [-0.2, -0.15) is 0 Å². The molecule has 1 rings (SSSR count). The van der Waals surface area contributed by atoms with Crippen molar-refractivity contribution in [3.05, 3.63) is 35.4 Å². The van der Waals surface area contributed by atoms with E-state index in [4.69, 9.17) is 5.11 Å². The van der Waals surface area contributed by atoms with E-state index in [2.05, 4.69) is 17.8 Å². The van der Waals surface area contributed by atoms with Gasteiger partial charge in [0.2, 0.25) is 0 Å². The van der Waals surface area contributed by atoms with Gasteiger partial charge in [0.25, 0.3) is 0 Å². The van der Waals surface area contributed by atoms with Crippen LogP contribution in [0.3, 0.4) is 0 Å². The van der Waals surface area contributed by atoms with E-state index in [0.717, 1.165) is 12.0 Å². The highest BCUT2D eigenvalue weighted by atomic mass is 35.5. The number of halogens is 2. The van der Waals surface area contributed by atoms with Gasteiger partial charge in [-0.25, -0.2) is 5.43 Å². The highest BCUT2D eigenvalue weighted by Gasteiger charge is 2.17. The summed E-state index contributed by atoms with van der Waals surface area (Å²) in [6.45, 7) is 6.02. The number of benzene rings is 1. The van der Waals surface area contributed by atoms with Gasteiger partial charge in [0.15, 0.2) is 0 Å². The lowest BCUT2D eigenvalue weighted by Crippen LogP contribution is -2.49. The number of carboxylic acids is 1. The molecule has 0 aliphatic carbocycles. The lowest BCUT2D eigenvalue weighted by Gasteiger charge is -2.17. The quantitative estimate of drug-likeness (QED) is 0.675. The minimum absolute atomic E-state index is 0. The van der Waals surface area contributed by atoms with Crippen molar-refractivity contribution in [3.63, 3.8) is 0 Å². The summed E-state index contributed by atoms with van der Waals surface area (Å²) < 4.78 is 0. The number of carboxylic acid groups (broad SMARTS) is 1. The second-order valence-corrected chi connectivity index (χ2v) is 4.71. The highest BCUT2D eigenvalue weighted by Crippen LogP contribution is 2.07. The third kappa shape index (κ3) is 7.70. The van der Waals surface area contributed by atoms with Crippen molar-refractivity contribution in [2.45, 2.75) is 45.7 Å². The molecule has 0 radical (unpaired) electrons. The number of aryl methyl sites for hydroxylation is 1. The minimum Gasteiger partial charge on any atom is -0.480 e. The van der Waals surface area contributed by atoms with Crippen LogP contribution in [0.5, 0.6) is 0 Å². The summed E-state index contributed by atoms with van der Waals surface area (Å²) >= 11 is 0. The van der Waals surface area contributed by atoms with E-state index in [9.17, 15) is 4.79 Å². The van der Waals surface area contributed by atoms with Crippen LogP contribution in [0.2, 0.25) is 0 Å². The summed E-state index contributed by atoms with van der Waals surface area (Å²) in [6.07, 6.45) is 1.47. The largest absolute Gasteiger partial charge is 0.480 e. The van der Waals surface area contributed by atoms with Crippen molar-refractivity contribution in [2.24, 2.45) is 0 Å². The summed E-state index contributed by atoms with van der Waals surface area (Å²) in [7, 11) is 0. The molecule has 20 heavy (non-hydrogen) atoms. The molecule has 0 fully saturated rings. The molecule has 0 aliphatic rings. The van der Waals surface area contributed by atoms with Crippen LogP contribution < -0.4 is 10.9 Å². The molecule has 6 heteroatoms. The number of hydrogen-bond acceptors (Lipinski definition) is 3. The van der Waals surface area contributed by atoms with Gasteiger partial charge in [0, 0.05) is 6.04 Å². The van der Waals surface area contributed by atoms with Crippen LogP contribution >= 0.6 is 24.8 Å². The minimum atomic E-state index is -0.845. The predicted octanol–water partition coefficient (Wildman–Crippen LogP) is 2.59. The summed E-state index contributed by atoms with van der Waals surface area (Å²) in [5, 5.41) is 9.15. The molecule has 1 aromatic rings. The lowest BCUT2D eigenvalue weighted by molar-refractivity contribution is -0.139. The molecular weight excluding hydrogens is 299 g/mol. The molecule has 0 saturated carbocycles. The molecular formula is C14H24Cl2N2O2. The van der Waals surface area contributed by atoms with Gasteiger partial charge in [-0.3, -0.25) is 10.2 Å². The molecule has 1 aromatic carbocycles. The molecule has 0 heterocycles. The first-order chi connectivity index (χ1) is 8.52. The molecule has 3 N–H and O–H groups in total. The Balaban J connectivity index is 0. The predicted molar refractivity (Wildman–Crippen MR) is 86.9 cm³/mol. The van der Waals surface area contributed by atoms with Gasteiger partial charge in [-0.05, 0) is 37.8 Å². The zero-order valence-corrected chi connectivity index (χ0v) is 13.7. The van der Waals surface area contributed by atoms with Gasteiger partial charge in [-0.15, -0.1) is 24.8 Å². The van der Waals surface area contributed by atoms with Crippen LogP contribution in [-0.4, -0.2) is 23.2 Å². The summed E-state index contributed by atoms with van der Waals surface area (Å²) in [5.41, 5.74) is 8.07. The van der Waals surface area contributed by atoms with E-state index in [-0.39, 0.29) is 30.9 Å². The van der Waals surface area contributed by atoms with Crippen LogP contribution in [0.4, 0.5) is 0 Å². The van der Waals surface area contributed by atoms with E-state index in [1.165, 1.54) is 5.56 Å². The second-order valence-electron chi connectivity index (χ2n) is 4.71. The van der Waals surface area contributed by atoms with E-state index in [1.54, 1.807) is 0 Å². The van der Waals surface area contributed by atoms with Gasteiger partial charge in [0.05, 0.1) is 0 Å². The van der Waals surface area contributed by atoms with Crippen LogP contribution in [0, 0.1) is 0 Å². The van der Waals surface area contributed by atoms with Crippen LogP contribution in [0.15, 0.2) is 24.3 Å². The Morgan fingerprint density at radius 3 is 2.00 bits per heavy atom. The average molecular weight is 323 g/mol. The Morgan fingerprint density at radius 2 is 1.60 bits per heavy atom. The first kappa shape index (κ1) is 21.5. The monoisotopic (exact) mass is 322 g/mol. The van der Waals surface area contributed by atoms with E-state index >= 15 is 0 Å². The van der Waals surface area contributed by atoms with E-state index in [0.29, 0.717) is 6.42 Å². The first-order valence-electron chi connectivity index (χ1n) is 6.34. The Bertz CT molecular complexity index is 383. The zero-order valence-electron chi connectivity index (χ0n) is 12.1. The molecule has 4 nitrogen and oxygen atoms in total. The molecule has 0 spiro atoms. The lowest BCUT2D eigenvalue weighted by atomic mass is 10.0. The molecule has 0 aromatic heterocycles. The van der Waals surface area contributed by atoms with Crippen molar-refractivity contribution in [3.8, 4) is 0 Å².